The van der Waals surface area contributed by atoms with Gasteiger partial charge in [0.25, 0.3) is 0 Å². The maximum absolute atomic E-state index is 12.9. The fourth-order valence-corrected chi connectivity index (χ4v) is 5.99. The summed E-state index contributed by atoms with van der Waals surface area (Å²) in [7, 11) is -3.30. The van der Waals surface area contributed by atoms with Crippen LogP contribution in [0.3, 0.4) is 0 Å². The molecule has 10 nitrogen and oxygen atoms in total. The second-order valence-corrected chi connectivity index (χ2v) is 11.5. The SMILES string of the molecule is CS(=O)(=O)c1ccc2nc(NC(=O)[C@H]3CC[C@@H](n4cnc5c(N)nc(Cl)nc54)CC3)sc2c1. The number of aromatic nitrogens is 5. The lowest BCUT2D eigenvalue weighted by atomic mass is 9.85. The molecular formula is C20H20ClN7O3S2. The third-order valence-electron chi connectivity index (χ3n) is 5.90. The number of fused-ring (bicyclic) bond motifs is 2. The number of hydrogen-bond acceptors (Lipinski definition) is 9. The number of carbonyl (C=O) groups excluding carboxylic acids is 1. The molecule has 0 bridgehead atoms. The van der Waals surface area contributed by atoms with Gasteiger partial charge >= 0.3 is 0 Å². The number of rotatable bonds is 4. The van der Waals surface area contributed by atoms with Crippen molar-refractivity contribution in [3.05, 3.63) is 29.8 Å². The predicted octanol–water partition coefficient (Wildman–Crippen LogP) is 3.45. The molecule has 0 unspecified atom stereocenters. The van der Waals surface area contributed by atoms with E-state index in [4.69, 9.17) is 17.3 Å². The second-order valence-electron chi connectivity index (χ2n) is 8.12. The van der Waals surface area contributed by atoms with Crippen molar-refractivity contribution in [1.82, 2.24) is 24.5 Å². The van der Waals surface area contributed by atoms with Gasteiger partial charge in [0.05, 0.1) is 21.4 Å². The number of sulfone groups is 1. The van der Waals surface area contributed by atoms with Crippen molar-refractivity contribution < 1.29 is 13.2 Å². The van der Waals surface area contributed by atoms with Gasteiger partial charge in [0.1, 0.15) is 5.52 Å². The van der Waals surface area contributed by atoms with E-state index < -0.39 is 9.84 Å². The lowest BCUT2D eigenvalue weighted by molar-refractivity contribution is -0.120. The van der Waals surface area contributed by atoms with Crippen LogP contribution < -0.4 is 11.1 Å². The van der Waals surface area contributed by atoms with E-state index in [1.165, 1.54) is 17.4 Å². The van der Waals surface area contributed by atoms with Gasteiger partial charge < -0.3 is 15.6 Å². The normalized spacial score (nSPS) is 19.2. The number of amides is 1. The average molecular weight is 506 g/mol. The van der Waals surface area contributed by atoms with E-state index in [2.05, 4.69) is 25.3 Å². The van der Waals surface area contributed by atoms with E-state index in [1.807, 2.05) is 4.57 Å². The molecule has 0 spiro atoms. The van der Waals surface area contributed by atoms with E-state index in [0.29, 0.717) is 39.4 Å². The number of carbonyl (C=O) groups is 1. The summed E-state index contributed by atoms with van der Waals surface area (Å²) in [5.74, 6) is 0.0233. The third-order valence-corrected chi connectivity index (χ3v) is 8.11. The quantitative estimate of drug-likeness (QED) is 0.401. The number of benzene rings is 1. The summed E-state index contributed by atoms with van der Waals surface area (Å²) >= 11 is 7.23. The Morgan fingerprint density at radius 2 is 1.97 bits per heavy atom. The highest BCUT2D eigenvalue weighted by Crippen LogP contribution is 2.36. The maximum atomic E-state index is 12.9. The maximum Gasteiger partial charge on any atom is 0.229 e. The molecule has 1 aliphatic carbocycles. The van der Waals surface area contributed by atoms with Crippen LogP contribution in [0, 0.1) is 5.92 Å². The molecule has 3 N–H and O–H groups in total. The summed E-state index contributed by atoms with van der Waals surface area (Å²) in [6, 6.07) is 4.90. The zero-order valence-corrected chi connectivity index (χ0v) is 19.9. The molecule has 1 saturated carbocycles. The summed E-state index contributed by atoms with van der Waals surface area (Å²) in [5, 5.41) is 3.44. The van der Waals surface area contributed by atoms with Gasteiger partial charge in [-0.2, -0.15) is 9.97 Å². The van der Waals surface area contributed by atoms with Gasteiger partial charge in [-0.25, -0.2) is 18.4 Å². The molecule has 0 aliphatic heterocycles. The Balaban J connectivity index is 1.27. The average Bonchev–Trinajstić information content (AvgIpc) is 3.36. The van der Waals surface area contributed by atoms with Crippen molar-refractivity contribution in [3.63, 3.8) is 0 Å². The molecule has 4 aromatic rings. The number of imidazole rings is 1. The molecule has 3 aromatic heterocycles. The summed E-state index contributed by atoms with van der Waals surface area (Å²) < 4.78 is 26.2. The van der Waals surface area contributed by atoms with Crippen LogP contribution in [0.25, 0.3) is 21.4 Å². The molecule has 0 saturated heterocycles. The number of nitrogen functional groups attached to an aromatic ring is 1. The van der Waals surface area contributed by atoms with E-state index >= 15 is 0 Å². The van der Waals surface area contributed by atoms with E-state index in [0.717, 1.165) is 19.1 Å². The molecule has 33 heavy (non-hydrogen) atoms. The van der Waals surface area contributed by atoms with Gasteiger partial charge in [-0.1, -0.05) is 11.3 Å². The minimum absolute atomic E-state index is 0.0781. The van der Waals surface area contributed by atoms with Gasteiger partial charge in [-0.05, 0) is 55.5 Å². The third kappa shape index (κ3) is 4.25. The number of thiazole rings is 1. The zero-order chi connectivity index (χ0) is 23.3. The zero-order valence-electron chi connectivity index (χ0n) is 17.5. The molecule has 0 atom stereocenters. The predicted molar refractivity (Wildman–Crippen MR) is 127 cm³/mol. The van der Waals surface area contributed by atoms with Crippen molar-refractivity contribution >= 4 is 71.0 Å². The molecule has 13 heteroatoms. The van der Waals surface area contributed by atoms with Crippen LogP contribution in [0.15, 0.2) is 29.4 Å². The first-order valence-electron chi connectivity index (χ1n) is 10.3. The number of anilines is 2. The lowest BCUT2D eigenvalue weighted by Crippen LogP contribution is -2.28. The van der Waals surface area contributed by atoms with Crippen molar-refractivity contribution in [2.75, 3.05) is 17.3 Å². The van der Waals surface area contributed by atoms with Crippen LogP contribution in [-0.2, 0) is 14.6 Å². The number of halogens is 1. The lowest BCUT2D eigenvalue weighted by Gasteiger charge is -2.28. The second kappa shape index (κ2) is 8.19. The molecule has 1 fully saturated rings. The summed E-state index contributed by atoms with van der Waals surface area (Å²) in [5.41, 5.74) is 7.67. The first-order valence-corrected chi connectivity index (χ1v) is 13.3. The van der Waals surface area contributed by atoms with Crippen LogP contribution >= 0.6 is 22.9 Å². The Morgan fingerprint density at radius 3 is 2.70 bits per heavy atom. The topological polar surface area (TPSA) is 146 Å². The van der Waals surface area contributed by atoms with Crippen molar-refractivity contribution in [1.29, 1.82) is 0 Å². The Hall–Kier alpha value is -2.83. The van der Waals surface area contributed by atoms with Gasteiger partial charge in [0.2, 0.25) is 11.2 Å². The fraction of sp³-hybridized carbons (Fsp3) is 0.350. The molecular weight excluding hydrogens is 486 g/mol. The van der Waals surface area contributed by atoms with Crippen LogP contribution in [-0.4, -0.2) is 45.1 Å². The monoisotopic (exact) mass is 505 g/mol. The van der Waals surface area contributed by atoms with Gasteiger partial charge in [-0.3, -0.25) is 4.79 Å². The van der Waals surface area contributed by atoms with E-state index in [-0.39, 0.29) is 33.9 Å². The molecule has 1 aromatic carbocycles. The Morgan fingerprint density at radius 1 is 1.21 bits per heavy atom. The highest BCUT2D eigenvalue weighted by Gasteiger charge is 2.29. The van der Waals surface area contributed by atoms with Crippen LogP contribution in [0.4, 0.5) is 10.9 Å². The van der Waals surface area contributed by atoms with Crippen molar-refractivity contribution in [2.45, 2.75) is 36.6 Å². The van der Waals surface area contributed by atoms with Crippen LogP contribution in [0.2, 0.25) is 5.28 Å². The molecule has 172 valence electrons. The smallest absolute Gasteiger partial charge is 0.229 e. The van der Waals surface area contributed by atoms with Gasteiger partial charge in [0, 0.05) is 18.2 Å². The number of hydrogen-bond donors (Lipinski definition) is 2. The minimum atomic E-state index is -3.30. The Kier molecular flexibility index (Phi) is 5.46. The number of nitrogens with one attached hydrogen (secondary N) is 1. The number of nitrogens with two attached hydrogens (primary N) is 1. The summed E-state index contributed by atoms with van der Waals surface area (Å²) in [4.78, 5) is 30.0. The highest BCUT2D eigenvalue weighted by molar-refractivity contribution is 7.90. The molecule has 0 radical (unpaired) electrons. The Bertz CT molecular complexity index is 1490. The highest BCUT2D eigenvalue weighted by atomic mass is 35.5. The first kappa shape index (κ1) is 22.0. The van der Waals surface area contributed by atoms with E-state index in [9.17, 15) is 13.2 Å². The fourth-order valence-electron chi connectivity index (χ4n) is 4.19. The van der Waals surface area contributed by atoms with Crippen molar-refractivity contribution in [3.8, 4) is 0 Å². The Labute approximate surface area is 198 Å². The van der Waals surface area contributed by atoms with Gasteiger partial charge in [-0.15, -0.1) is 0 Å². The molecule has 1 aliphatic rings. The first-order chi connectivity index (χ1) is 15.7. The molecule has 3 heterocycles. The largest absolute Gasteiger partial charge is 0.382 e. The van der Waals surface area contributed by atoms with Crippen LogP contribution in [0.5, 0.6) is 0 Å². The summed E-state index contributed by atoms with van der Waals surface area (Å²) in [6.45, 7) is 0. The van der Waals surface area contributed by atoms with Crippen LogP contribution in [0.1, 0.15) is 31.7 Å². The summed E-state index contributed by atoms with van der Waals surface area (Å²) in [6.07, 6.45) is 5.83. The van der Waals surface area contributed by atoms with Gasteiger partial charge in [0.15, 0.2) is 26.4 Å². The van der Waals surface area contributed by atoms with Crippen molar-refractivity contribution in [2.24, 2.45) is 5.92 Å². The number of nitrogens with zero attached hydrogens (tertiary/aromatic N) is 5. The standard InChI is InChI=1S/C20H20ClN7O3S2/c1-33(30,31)12-6-7-13-14(8-12)32-20(24-13)27-18(29)10-2-4-11(5-3-10)28-9-23-15-16(22)25-19(21)26-17(15)28/h6-11H,2-5H2,1H3,(H2,22,25,26)(H,24,27,29)/t10-,11+. The minimum Gasteiger partial charge on any atom is -0.382 e. The van der Waals surface area contributed by atoms with E-state index in [1.54, 1.807) is 18.5 Å². The molecule has 5 rings (SSSR count). The molecule has 1 amide bonds.